The van der Waals surface area contributed by atoms with E-state index in [1.54, 1.807) is 0 Å². The second kappa shape index (κ2) is 17.3. The number of anilines is 1. The molecular formula is C44H59N6O10S2+. The molecule has 0 radical (unpaired) electrons. The topological polar surface area (TPSA) is 238 Å². The summed E-state index contributed by atoms with van der Waals surface area (Å²) < 4.78 is 74.2. The van der Waals surface area contributed by atoms with Crippen LogP contribution in [0.1, 0.15) is 102 Å². The molecule has 5 atom stereocenters. The predicted octanol–water partition coefficient (Wildman–Crippen LogP) is 3.41. The van der Waals surface area contributed by atoms with Crippen molar-refractivity contribution < 1.29 is 49.6 Å². The number of hydrazine groups is 1. The van der Waals surface area contributed by atoms with Gasteiger partial charge in [-0.2, -0.15) is 21.4 Å². The Kier molecular flexibility index (Phi) is 12.7. The van der Waals surface area contributed by atoms with Crippen molar-refractivity contribution in [2.24, 2.45) is 5.84 Å². The molecule has 5 aliphatic rings. The Morgan fingerprint density at radius 1 is 0.855 bits per heavy atom. The molecule has 5 unspecified atom stereocenters. The number of unbranched alkanes of at least 4 members (excludes halogenated alkanes) is 2. The first-order valence-corrected chi connectivity index (χ1v) is 24.4. The van der Waals surface area contributed by atoms with Crippen molar-refractivity contribution in [3.63, 3.8) is 0 Å². The molecule has 0 fully saturated rings. The van der Waals surface area contributed by atoms with Crippen LogP contribution in [-0.4, -0.2) is 103 Å². The van der Waals surface area contributed by atoms with Crippen molar-refractivity contribution >= 4 is 55.0 Å². The normalized spacial score (nSPS) is 23.2. The van der Waals surface area contributed by atoms with Crippen LogP contribution in [0.15, 0.2) is 59.3 Å². The molecule has 5 aliphatic heterocycles. The fourth-order valence-corrected chi connectivity index (χ4v) is 10.5. The molecule has 7 N–H and O–H groups in total. The summed E-state index contributed by atoms with van der Waals surface area (Å²) in [4.78, 5) is 40.2. The van der Waals surface area contributed by atoms with Gasteiger partial charge in [-0.3, -0.25) is 28.9 Å². The predicted molar refractivity (Wildman–Crippen MR) is 234 cm³/mol. The van der Waals surface area contributed by atoms with Crippen LogP contribution in [0.3, 0.4) is 0 Å². The molecule has 2 aromatic carbocycles. The Balaban J connectivity index is 1.21. The van der Waals surface area contributed by atoms with Crippen molar-refractivity contribution in [1.29, 1.82) is 0 Å². The maximum Gasteiger partial charge on any atom is 0.269 e. The van der Waals surface area contributed by atoms with Crippen LogP contribution in [0.2, 0.25) is 0 Å². The first-order valence-electron chi connectivity index (χ1n) is 21.4. The number of hydrogen-bond donors (Lipinski definition) is 6. The molecule has 16 nitrogen and oxygen atoms in total. The smallest absolute Gasteiger partial charge is 0.269 e. The number of amides is 3. The minimum atomic E-state index is -4.29. The second-order valence-electron chi connectivity index (χ2n) is 18.1. The first kappa shape index (κ1) is 45.6. The van der Waals surface area contributed by atoms with Gasteiger partial charge in [0.05, 0.1) is 30.5 Å². The molecule has 7 rings (SSSR count). The molecule has 0 saturated carbocycles. The van der Waals surface area contributed by atoms with Crippen LogP contribution in [0, 0.1) is 0 Å². The van der Waals surface area contributed by atoms with Crippen LogP contribution in [0.25, 0.3) is 0 Å². The van der Waals surface area contributed by atoms with Gasteiger partial charge < -0.3 is 20.3 Å². The highest BCUT2D eigenvalue weighted by Gasteiger charge is 2.55. The largest absolute Gasteiger partial charge is 0.365 e. The quantitative estimate of drug-likeness (QED) is 0.0355. The zero-order valence-corrected chi connectivity index (χ0v) is 37.6. The maximum atomic E-state index is 13.0. The van der Waals surface area contributed by atoms with E-state index in [1.807, 2.05) is 12.1 Å². The molecule has 18 heteroatoms. The van der Waals surface area contributed by atoms with Crippen molar-refractivity contribution in [1.82, 2.24) is 16.1 Å². The van der Waals surface area contributed by atoms with Gasteiger partial charge in [-0.15, -0.1) is 0 Å². The third-order valence-electron chi connectivity index (χ3n) is 13.4. The summed E-state index contributed by atoms with van der Waals surface area (Å²) in [7, 11) is -8.56. The van der Waals surface area contributed by atoms with Crippen molar-refractivity contribution in [3.05, 3.63) is 81.6 Å². The number of nitrogens with two attached hydrogens (primary N) is 1. The van der Waals surface area contributed by atoms with Crippen LogP contribution in [-0.2, 0) is 63.0 Å². The molecule has 0 aliphatic carbocycles. The average Bonchev–Trinajstić information content (AvgIpc) is 3.60. The Morgan fingerprint density at radius 3 is 2.08 bits per heavy atom. The zero-order valence-electron chi connectivity index (χ0n) is 36.0. The molecule has 0 saturated heterocycles. The number of nitrogens with zero attached hydrogens (tertiary/aromatic N) is 2. The highest BCUT2D eigenvalue weighted by atomic mass is 32.2. The lowest BCUT2D eigenvalue weighted by Gasteiger charge is -2.43. The lowest BCUT2D eigenvalue weighted by Crippen LogP contribution is -2.47. The second-order valence-corrected chi connectivity index (χ2v) is 21.8. The summed E-state index contributed by atoms with van der Waals surface area (Å²) in [5, 5.41) is 3.02. The van der Waals surface area contributed by atoms with Gasteiger partial charge in [0.1, 0.15) is 10.5 Å². The van der Waals surface area contributed by atoms with Gasteiger partial charge in [-0.1, -0.05) is 31.0 Å². The Bertz CT molecular complexity index is 2500. The molecule has 3 amide bonds. The van der Waals surface area contributed by atoms with Gasteiger partial charge in [-0.25, -0.2) is 5.84 Å². The summed E-state index contributed by atoms with van der Waals surface area (Å²) in [6, 6.07) is 12.1. The Hall–Kier alpha value is -4.46. The van der Waals surface area contributed by atoms with E-state index in [0.29, 0.717) is 12.8 Å². The van der Waals surface area contributed by atoms with Crippen molar-refractivity contribution in [2.45, 2.75) is 126 Å². The first-order chi connectivity index (χ1) is 29.1. The van der Waals surface area contributed by atoms with Crippen molar-refractivity contribution in [3.8, 4) is 0 Å². The third-order valence-corrected chi connectivity index (χ3v) is 15.8. The van der Waals surface area contributed by atoms with Gasteiger partial charge in [0.25, 0.3) is 20.2 Å². The van der Waals surface area contributed by atoms with Crippen LogP contribution >= 0.6 is 0 Å². The molecule has 0 aromatic heterocycles. The van der Waals surface area contributed by atoms with Gasteiger partial charge in [-0.05, 0) is 88.8 Å². The number of ether oxygens (including phenoxy) is 1. The average molecular weight is 896 g/mol. The number of nitrogens with one attached hydrogen (secondary N) is 3. The molecule has 2 aromatic rings. The van der Waals surface area contributed by atoms with E-state index >= 15 is 0 Å². The van der Waals surface area contributed by atoms with Gasteiger partial charge in [0.2, 0.25) is 23.4 Å². The van der Waals surface area contributed by atoms with Crippen LogP contribution in [0.5, 0.6) is 0 Å². The molecule has 5 heterocycles. The fraction of sp³-hybridized carbons (Fsp3) is 0.545. The minimum absolute atomic E-state index is 0.0303. The summed E-state index contributed by atoms with van der Waals surface area (Å²) in [6.07, 6.45) is 7.22. The monoisotopic (exact) mass is 895 g/mol. The van der Waals surface area contributed by atoms with E-state index in [4.69, 9.17) is 10.6 Å². The van der Waals surface area contributed by atoms with E-state index in [-0.39, 0.29) is 55.9 Å². The minimum Gasteiger partial charge on any atom is -0.365 e. The van der Waals surface area contributed by atoms with E-state index in [9.17, 15) is 40.3 Å². The molecular weight excluding hydrogens is 837 g/mol. The number of carbonyl (C=O) groups excluding carboxylic acids is 3. The van der Waals surface area contributed by atoms with Crippen LogP contribution in [0.4, 0.5) is 11.4 Å². The summed E-state index contributed by atoms with van der Waals surface area (Å²) in [5.41, 5.74) is 11.7. The standard InChI is InChI=1S/C44H58N6O10S2/c1-26(61(54,55)56)24-46-39(52)21-28-10-12-34-32(19-28)43(3,4)41-30-23-31-37(60-36(30)14-17-49(34)41)15-18-50-35-13-11-29(22-40(53)47-25-27(2)62(57,58)59)20-33(35)44(5,42(31)50)16-8-6-7-9-38(51)48-45/h10-13,19-20,23,26-27,36-37H,6-9,14-18,21-22,24-25,45H2,1-5H3,(H4-,46,47,48,51,52,53,54,55,56,57,58,59)/p+1. The van der Waals surface area contributed by atoms with E-state index < -0.39 is 41.6 Å². The van der Waals surface area contributed by atoms with Gasteiger partial charge in [0, 0.05) is 72.1 Å². The highest BCUT2D eigenvalue weighted by molar-refractivity contribution is 7.86. The van der Waals surface area contributed by atoms with Gasteiger partial charge in [0.15, 0.2) is 12.3 Å². The van der Waals surface area contributed by atoms with Crippen LogP contribution < -0.4 is 26.8 Å². The highest BCUT2D eigenvalue weighted by Crippen LogP contribution is 2.56. The molecule has 336 valence electrons. The SMILES string of the molecule is CC(CNC(=O)Cc1ccc2c(c1)C(C)(C)C1=[N+]2CCC2OC3CCN4C(=C3C=C12)C(C)(CCCCCC(=O)NN)c1cc(CC(=O)NCC(C)S(=O)(=O)O)ccc14)S(=O)(=O)O. The number of hydrogen-bond acceptors (Lipinski definition) is 10. The van der Waals surface area contributed by atoms with Gasteiger partial charge >= 0.3 is 0 Å². The van der Waals surface area contributed by atoms with E-state index in [0.717, 1.165) is 95.7 Å². The number of rotatable bonds is 16. The lowest BCUT2D eigenvalue weighted by atomic mass is 9.72. The molecule has 0 spiro atoms. The summed E-state index contributed by atoms with van der Waals surface area (Å²) in [6.45, 7) is 10.4. The Morgan fingerprint density at radius 2 is 1.47 bits per heavy atom. The fourth-order valence-electron chi connectivity index (χ4n) is 9.95. The summed E-state index contributed by atoms with van der Waals surface area (Å²) in [5.74, 6) is 4.44. The molecule has 0 bridgehead atoms. The number of carbonyl (C=O) groups is 3. The maximum absolute atomic E-state index is 13.0. The number of allylic oxidation sites excluding steroid dienone is 1. The lowest BCUT2D eigenvalue weighted by molar-refractivity contribution is -0.445. The van der Waals surface area contributed by atoms with E-state index in [1.165, 1.54) is 19.5 Å². The number of benzene rings is 2. The third kappa shape index (κ3) is 8.86. The zero-order chi connectivity index (χ0) is 44.9. The Labute approximate surface area is 363 Å². The molecule has 62 heavy (non-hydrogen) atoms. The van der Waals surface area contributed by atoms with Crippen molar-refractivity contribution in [2.75, 3.05) is 31.1 Å². The summed E-state index contributed by atoms with van der Waals surface area (Å²) >= 11 is 0. The van der Waals surface area contributed by atoms with E-state index in [2.05, 4.69) is 76.6 Å². The number of fused-ring (bicyclic) bond motifs is 8.